The van der Waals surface area contributed by atoms with Gasteiger partial charge in [0.05, 0.1) is 0 Å². The van der Waals surface area contributed by atoms with Crippen LogP contribution in [0.5, 0.6) is 0 Å². The summed E-state index contributed by atoms with van der Waals surface area (Å²) in [7, 11) is 0. The largest absolute Gasteiger partial charge is 0.357 e. The van der Waals surface area contributed by atoms with Gasteiger partial charge in [-0.2, -0.15) is 0 Å². The van der Waals surface area contributed by atoms with Crippen LogP contribution in [-0.4, -0.2) is 24.0 Å². The van der Waals surface area contributed by atoms with E-state index in [4.69, 9.17) is 11.6 Å². The summed E-state index contributed by atoms with van der Waals surface area (Å²) >= 11 is 5.91. The van der Waals surface area contributed by atoms with Gasteiger partial charge in [-0.25, -0.2) is 4.98 Å². The van der Waals surface area contributed by atoms with Crippen molar-refractivity contribution in [3.05, 3.63) is 58.7 Å². The first kappa shape index (κ1) is 16.3. The molecule has 1 heterocycles. The highest BCUT2D eigenvalue weighted by Crippen LogP contribution is 2.17. The normalized spacial score (nSPS) is 10.3. The summed E-state index contributed by atoms with van der Waals surface area (Å²) in [4.78, 5) is 18.8. The number of aromatic nitrogens is 1. The Morgan fingerprint density at radius 1 is 1.23 bits per heavy atom. The Labute approximate surface area is 136 Å². The zero-order valence-electron chi connectivity index (χ0n) is 12.8. The Hall–Kier alpha value is -2.07. The van der Waals surface area contributed by atoms with Crippen molar-refractivity contribution >= 4 is 23.3 Å². The Balaban J connectivity index is 2.10. The van der Waals surface area contributed by atoms with E-state index >= 15 is 0 Å². The molecule has 0 fully saturated rings. The van der Waals surface area contributed by atoms with Crippen LogP contribution in [0.25, 0.3) is 0 Å². The molecule has 0 bridgehead atoms. The predicted octanol–water partition coefficient (Wildman–Crippen LogP) is 3.51. The van der Waals surface area contributed by atoms with Crippen molar-refractivity contribution in [1.29, 1.82) is 0 Å². The van der Waals surface area contributed by atoms with Crippen molar-refractivity contribution in [2.75, 3.05) is 18.0 Å². The number of hydrogen-bond acceptors (Lipinski definition) is 3. The Kier molecular flexibility index (Phi) is 5.78. The molecule has 1 aromatic carbocycles. The minimum Gasteiger partial charge on any atom is -0.357 e. The van der Waals surface area contributed by atoms with Crippen LogP contribution in [0.1, 0.15) is 29.8 Å². The molecule has 5 heteroatoms. The van der Waals surface area contributed by atoms with E-state index < -0.39 is 0 Å². The third-order valence-electron chi connectivity index (χ3n) is 3.46. The number of benzene rings is 1. The lowest BCUT2D eigenvalue weighted by Gasteiger charge is -2.22. The molecule has 0 saturated carbocycles. The van der Waals surface area contributed by atoms with Crippen LogP contribution in [-0.2, 0) is 6.54 Å². The summed E-state index contributed by atoms with van der Waals surface area (Å²) in [6.07, 6.45) is 1.77. The predicted molar refractivity (Wildman–Crippen MR) is 90.4 cm³/mol. The molecule has 1 aromatic heterocycles. The first-order chi connectivity index (χ1) is 10.7. The van der Waals surface area contributed by atoms with Crippen LogP contribution >= 0.6 is 11.6 Å². The molecule has 4 nitrogen and oxygen atoms in total. The number of amides is 1. The lowest BCUT2D eigenvalue weighted by molar-refractivity contribution is 0.0951. The maximum Gasteiger partial charge on any atom is 0.251 e. The van der Waals surface area contributed by atoms with Gasteiger partial charge < -0.3 is 10.2 Å². The van der Waals surface area contributed by atoms with Gasteiger partial charge in [0.2, 0.25) is 0 Å². The van der Waals surface area contributed by atoms with E-state index in [1.165, 1.54) is 0 Å². The lowest BCUT2D eigenvalue weighted by atomic mass is 10.2. The fraction of sp³-hybridized carbons (Fsp3) is 0.294. The van der Waals surface area contributed by atoms with Crippen LogP contribution in [0.3, 0.4) is 0 Å². The van der Waals surface area contributed by atoms with Gasteiger partial charge in [-0.3, -0.25) is 4.79 Å². The van der Waals surface area contributed by atoms with E-state index in [0.29, 0.717) is 17.1 Å². The van der Waals surface area contributed by atoms with Gasteiger partial charge in [-0.1, -0.05) is 23.7 Å². The number of pyridine rings is 1. The van der Waals surface area contributed by atoms with Gasteiger partial charge in [-0.05, 0) is 38.1 Å². The molecule has 0 aliphatic heterocycles. The Morgan fingerprint density at radius 2 is 2.00 bits per heavy atom. The van der Waals surface area contributed by atoms with Gasteiger partial charge in [0.25, 0.3) is 5.91 Å². The number of nitrogens with zero attached hydrogens (tertiary/aromatic N) is 2. The fourth-order valence-electron chi connectivity index (χ4n) is 2.28. The molecule has 0 radical (unpaired) electrons. The second-order valence-corrected chi connectivity index (χ2v) is 5.29. The van der Waals surface area contributed by atoms with Gasteiger partial charge >= 0.3 is 0 Å². The number of carbonyl (C=O) groups excluding carboxylic acids is 1. The molecule has 0 atom stereocenters. The van der Waals surface area contributed by atoms with Crippen molar-refractivity contribution in [2.24, 2.45) is 0 Å². The van der Waals surface area contributed by atoms with E-state index in [9.17, 15) is 4.79 Å². The first-order valence-corrected chi connectivity index (χ1v) is 7.76. The molecule has 0 spiro atoms. The van der Waals surface area contributed by atoms with Crippen LogP contribution in [0.4, 0.5) is 5.82 Å². The third kappa shape index (κ3) is 3.98. The topological polar surface area (TPSA) is 45.2 Å². The maximum absolute atomic E-state index is 12.2. The van der Waals surface area contributed by atoms with E-state index in [-0.39, 0.29) is 5.91 Å². The summed E-state index contributed by atoms with van der Waals surface area (Å²) in [6, 6.07) is 10.8. The van der Waals surface area contributed by atoms with Crippen LogP contribution in [0.2, 0.25) is 5.02 Å². The molecule has 1 amide bonds. The summed E-state index contributed by atoms with van der Waals surface area (Å²) < 4.78 is 0. The molecule has 0 aliphatic carbocycles. The summed E-state index contributed by atoms with van der Waals surface area (Å²) in [6.45, 7) is 6.37. The second-order valence-electron chi connectivity index (χ2n) is 4.85. The summed E-state index contributed by atoms with van der Waals surface area (Å²) in [5.74, 6) is 0.774. The summed E-state index contributed by atoms with van der Waals surface area (Å²) in [5.41, 5.74) is 1.56. The van der Waals surface area contributed by atoms with Crippen LogP contribution in [0.15, 0.2) is 42.6 Å². The second kappa shape index (κ2) is 7.80. The number of carbonyl (C=O) groups is 1. The van der Waals surface area contributed by atoms with Crippen molar-refractivity contribution < 1.29 is 4.79 Å². The standard InChI is InChI=1S/C17H20ClN3O/c1-3-21(4-2)16-14(8-6-10-19-16)12-20-17(22)13-7-5-9-15(18)11-13/h5-11H,3-4,12H2,1-2H3,(H,20,22). The molecule has 22 heavy (non-hydrogen) atoms. The van der Waals surface area contributed by atoms with Gasteiger partial charge in [-0.15, -0.1) is 0 Å². The average molecular weight is 318 g/mol. The van der Waals surface area contributed by atoms with Gasteiger partial charge in [0, 0.05) is 42.0 Å². The zero-order chi connectivity index (χ0) is 15.9. The molecule has 1 N–H and O–H groups in total. The third-order valence-corrected chi connectivity index (χ3v) is 3.69. The highest BCUT2D eigenvalue weighted by molar-refractivity contribution is 6.30. The molecule has 0 unspecified atom stereocenters. The number of nitrogens with one attached hydrogen (secondary N) is 1. The van der Waals surface area contributed by atoms with Crippen molar-refractivity contribution in [3.63, 3.8) is 0 Å². The Bertz CT molecular complexity index is 641. The number of anilines is 1. The van der Waals surface area contributed by atoms with E-state index in [1.54, 1.807) is 30.5 Å². The fourth-order valence-corrected chi connectivity index (χ4v) is 2.47. The number of halogens is 1. The number of hydrogen-bond donors (Lipinski definition) is 1. The molecule has 116 valence electrons. The van der Waals surface area contributed by atoms with Crippen LogP contribution in [0, 0.1) is 0 Å². The van der Waals surface area contributed by atoms with Crippen molar-refractivity contribution in [1.82, 2.24) is 10.3 Å². The molecule has 2 aromatic rings. The van der Waals surface area contributed by atoms with E-state index in [0.717, 1.165) is 24.5 Å². The molecule has 2 rings (SSSR count). The molecule has 0 saturated heterocycles. The maximum atomic E-state index is 12.2. The van der Waals surface area contributed by atoms with Crippen molar-refractivity contribution in [2.45, 2.75) is 20.4 Å². The quantitative estimate of drug-likeness (QED) is 0.886. The van der Waals surface area contributed by atoms with E-state index in [1.807, 2.05) is 12.1 Å². The van der Waals surface area contributed by atoms with Gasteiger partial charge in [0.1, 0.15) is 5.82 Å². The Morgan fingerprint density at radius 3 is 2.68 bits per heavy atom. The smallest absolute Gasteiger partial charge is 0.251 e. The van der Waals surface area contributed by atoms with Crippen LogP contribution < -0.4 is 10.2 Å². The summed E-state index contributed by atoms with van der Waals surface area (Å²) in [5, 5.41) is 3.48. The average Bonchev–Trinajstić information content (AvgIpc) is 2.55. The first-order valence-electron chi connectivity index (χ1n) is 7.38. The minimum atomic E-state index is -0.142. The van der Waals surface area contributed by atoms with Crippen molar-refractivity contribution in [3.8, 4) is 0 Å². The van der Waals surface area contributed by atoms with Gasteiger partial charge in [0.15, 0.2) is 0 Å². The molecule has 0 aliphatic rings. The molecular formula is C17H20ClN3O. The highest BCUT2D eigenvalue weighted by atomic mass is 35.5. The van der Waals surface area contributed by atoms with E-state index in [2.05, 4.69) is 29.0 Å². The zero-order valence-corrected chi connectivity index (χ0v) is 13.6. The SMILES string of the molecule is CCN(CC)c1ncccc1CNC(=O)c1cccc(Cl)c1. The minimum absolute atomic E-state index is 0.142. The number of rotatable bonds is 6. The highest BCUT2D eigenvalue weighted by Gasteiger charge is 2.11. The lowest BCUT2D eigenvalue weighted by Crippen LogP contribution is -2.27. The monoisotopic (exact) mass is 317 g/mol. The molecular weight excluding hydrogens is 298 g/mol.